The topological polar surface area (TPSA) is 152 Å². The van der Waals surface area contributed by atoms with Crippen LogP contribution in [0.4, 0.5) is 0 Å². The SMILES string of the molecule is CCCCCCCCCCCCCNC(=O)[C@H](CCCN=C(N)N)NC(=O)[C@H](CC(C)C)NC(C)=O. The van der Waals surface area contributed by atoms with Crippen LogP contribution in [0, 0.1) is 5.92 Å². The molecule has 0 spiro atoms. The fourth-order valence-corrected chi connectivity index (χ4v) is 4.12. The highest BCUT2D eigenvalue weighted by atomic mass is 16.2. The number of nitrogens with one attached hydrogen (secondary N) is 3. The molecule has 0 aromatic rings. The average Bonchev–Trinajstić information content (AvgIpc) is 2.80. The number of nitrogens with zero attached hydrogens (tertiary/aromatic N) is 1. The lowest BCUT2D eigenvalue weighted by molar-refractivity contribution is -0.132. The summed E-state index contributed by atoms with van der Waals surface area (Å²) < 4.78 is 0. The second-order valence-corrected chi connectivity index (χ2v) is 10.2. The average molecular weight is 511 g/mol. The molecule has 7 N–H and O–H groups in total. The zero-order valence-electron chi connectivity index (χ0n) is 23.4. The molecule has 210 valence electrons. The van der Waals surface area contributed by atoms with E-state index in [0.29, 0.717) is 32.4 Å². The predicted molar refractivity (Wildman–Crippen MR) is 148 cm³/mol. The van der Waals surface area contributed by atoms with E-state index in [-0.39, 0.29) is 29.6 Å². The quantitative estimate of drug-likeness (QED) is 0.0857. The van der Waals surface area contributed by atoms with Gasteiger partial charge in [-0.05, 0) is 31.6 Å². The van der Waals surface area contributed by atoms with Crippen molar-refractivity contribution < 1.29 is 14.4 Å². The molecule has 0 heterocycles. The van der Waals surface area contributed by atoms with Crippen LogP contribution in [0.1, 0.15) is 118 Å². The molecular formula is C27H54N6O3. The minimum Gasteiger partial charge on any atom is -0.370 e. The molecule has 0 unspecified atom stereocenters. The van der Waals surface area contributed by atoms with Crippen LogP contribution in [-0.4, -0.2) is 48.9 Å². The van der Waals surface area contributed by atoms with Gasteiger partial charge in [0.1, 0.15) is 12.1 Å². The third kappa shape index (κ3) is 19.9. The van der Waals surface area contributed by atoms with E-state index in [4.69, 9.17) is 11.5 Å². The Morgan fingerprint density at radius 3 is 1.81 bits per heavy atom. The van der Waals surface area contributed by atoms with Crippen LogP contribution in [0.15, 0.2) is 4.99 Å². The summed E-state index contributed by atoms with van der Waals surface area (Å²) in [7, 11) is 0. The highest BCUT2D eigenvalue weighted by Crippen LogP contribution is 2.11. The number of hydrogen-bond donors (Lipinski definition) is 5. The summed E-state index contributed by atoms with van der Waals surface area (Å²) in [6.07, 6.45) is 15.1. The van der Waals surface area contributed by atoms with Gasteiger partial charge in [0, 0.05) is 20.0 Å². The molecule has 9 nitrogen and oxygen atoms in total. The van der Waals surface area contributed by atoms with Crippen LogP contribution >= 0.6 is 0 Å². The fourth-order valence-electron chi connectivity index (χ4n) is 4.12. The van der Waals surface area contributed by atoms with E-state index in [9.17, 15) is 14.4 Å². The Hall–Kier alpha value is -2.32. The van der Waals surface area contributed by atoms with Crippen LogP contribution in [-0.2, 0) is 14.4 Å². The summed E-state index contributed by atoms with van der Waals surface area (Å²) in [6.45, 7) is 8.54. The van der Waals surface area contributed by atoms with Gasteiger partial charge in [-0.1, -0.05) is 85.0 Å². The number of hydrogen-bond acceptors (Lipinski definition) is 4. The summed E-state index contributed by atoms with van der Waals surface area (Å²) in [5.41, 5.74) is 10.8. The summed E-state index contributed by atoms with van der Waals surface area (Å²) in [5, 5.41) is 8.49. The standard InChI is InChI=1S/C27H54N6O3/c1-5-6-7-8-9-10-11-12-13-14-15-18-30-25(35)23(17-16-19-31-27(28)29)33-26(36)24(20-21(2)3)32-22(4)34/h21,23-24H,5-20H2,1-4H3,(H,30,35)(H,32,34)(H,33,36)(H4,28,29,31)/t23-,24-/m0/s1. The van der Waals surface area contributed by atoms with E-state index in [2.05, 4.69) is 27.9 Å². The van der Waals surface area contributed by atoms with Crippen molar-refractivity contribution in [1.29, 1.82) is 0 Å². The lowest BCUT2D eigenvalue weighted by atomic mass is 10.0. The number of amides is 3. The molecule has 0 bridgehead atoms. The molecule has 0 saturated carbocycles. The van der Waals surface area contributed by atoms with E-state index in [0.717, 1.165) is 12.8 Å². The Balaban J connectivity index is 4.53. The summed E-state index contributed by atoms with van der Waals surface area (Å²) in [6, 6.07) is -1.38. The van der Waals surface area contributed by atoms with Crippen LogP contribution in [0.25, 0.3) is 0 Å². The Morgan fingerprint density at radius 1 is 0.750 bits per heavy atom. The first-order valence-electron chi connectivity index (χ1n) is 14.1. The lowest BCUT2D eigenvalue weighted by Crippen LogP contribution is -2.54. The molecule has 0 fully saturated rings. The van der Waals surface area contributed by atoms with Gasteiger partial charge in [0.2, 0.25) is 17.7 Å². The Labute approximate surface area is 219 Å². The van der Waals surface area contributed by atoms with Crippen molar-refractivity contribution in [3.8, 4) is 0 Å². The fraction of sp³-hybridized carbons (Fsp3) is 0.852. The van der Waals surface area contributed by atoms with Crippen molar-refractivity contribution in [2.75, 3.05) is 13.1 Å². The van der Waals surface area contributed by atoms with E-state index >= 15 is 0 Å². The van der Waals surface area contributed by atoms with Gasteiger partial charge in [0.15, 0.2) is 5.96 Å². The highest BCUT2D eigenvalue weighted by molar-refractivity contribution is 5.91. The maximum atomic E-state index is 12.9. The smallest absolute Gasteiger partial charge is 0.243 e. The van der Waals surface area contributed by atoms with E-state index in [1.165, 1.54) is 64.7 Å². The van der Waals surface area contributed by atoms with Gasteiger partial charge in [-0.15, -0.1) is 0 Å². The molecule has 0 aliphatic carbocycles. The number of carbonyl (C=O) groups is 3. The Bertz CT molecular complexity index is 635. The number of carbonyl (C=O) groups excluding carboxylic acids is 3. The minimum absolute atomic E-state index is 0.000754. The summed E-state index contributed by atoms with van der Waals surface area (Å²) >= 11 is 0. The zero-order chi connectivity index (χ0) is 27.2. The third-order valence-electron chi connectivity index (χ3n) is 6.06. The molecule has 0 rings (SSSR count). The summed E-state index contributed by atoms with van der Waals surface area (Å²) in [4.78, 5) is 41.2. The van der Waals surface area contributed by atoms with Crippen LogP contribution < -0.4 is 27.4 Å². The number of nitrogens with two attached hydrogens (primary N) is 2. The largest absolute Gasteiger partial charge is 0.370 e. The molecule has 2 atom stereocenters. The summed E-state index contributed by atoms with van der Waals surface area (Å²) in [5.74, 6) is -0.634. The molecule has 0 aromatic carbocycles. The minimum atomic E-state index is -0.706. The molecule has 9 heteroatoms. The zero-order valence-corrected chi connectivity index (χ0v) is 23.4. The van der Waals surface area contributed by atoms with E-state index in [1.54, 1.807) is 0 Å². The second-order valence-electron chi connectivity index (χ2n) is 10.2. The number of rotatable bonds is 22. The third-order valence-corrected chi connectivity index (χ3v) is 6.06. The van der Waals surface area contributed by atoms with Gasteiger partial charge in [-0.2, -0.15) is 0 Å². The lowest BCUT2D eigenvalue weighted by Gasteiger charge is -2.24. The molecule has 36 heavy (non-hydrogen) atoms. The Morgan fingerprint density at radius 2 is 1.31 bits per heavy atom. The van der Waals surface area contributed by atoms with Gasteiger partial charge in [0.25, 0.3) is 0 Å². The maximum Gasteiger partial charge on any atom is 0.243 e. The van der Waals surface area contributed by atoms with Gasteiger partial charge in [-0.3, -0.25) is 19.4 Å². The highest BCUT2D eigenvalue weighted by Gasteiger charge is 2.26. The van der Waals surface area contributed by atoms with E-state index < -0.39 is 12.1 Å². The monoisotopic (exact) mass is 510 g/mol. The van der Waals surface area contributed by atoms with Crippen molar-refractivity contribution in [3.63, 3.8) is 0 Å². The molecule has 0 aliphatic heterocycles. The molecule has 3 amide bonds. The van der Waals surface area contributed by atoms with E-state index in [1.807, 2.05) is 13.8 Å². The molecular weight excluding hydrogens is 456 g/mol. The van der Waals surface area contributed by atoms with Crippen molar-refractivity contribution in [2.45, 2.75) is 130 Å². The van der Waals surface area contributed by atoms with Gasteiger partial charge < -0.3 is 27.4 Å². The molecule has 0 saturated heterocycles. The first kappa shape index (κ1) is 33.7. The normalized spacial score (nSPS) is 12.6. The van der Waals surface area contributed by atoms with Crippen LogP contribution in [0.3, 0.4) is 0 Å². The number of aliphatic imine (C=N–C) groups is 1. The first-order valence-corrected chi connectivity index (χ1v) is 14.1. The van der Waals surface area contributed by atoms with Crippen molar-refractivity contribution in [3.05, 3.63) is 0 Å². The van der Waals surface area contributed by atoms with Crippen molar-refractivity contribution in [2.24, 2.45) is 22.4 Å². The van der Waals surface area contributed by atoms with Gasteiger partial charge in [0.05, 0.1) is 0 Å². The molecule has 0 radical (unpaired) electrons. The first-order chi connectivity index (χ1) is 17.2. The molecule has 0 aromatic heterocycles. The maximum absolute atomic E-state index is 12.9. The second kappa shape index (κ2) is 21.9. The van der Waals surface area contributed by atoms with Crippen LogP contribution in [0.5, 0.6) is 0 Å². The number of guanidine groups is 1. The van der Waals surface area contributed by atoms with Crippen LogP contribution in [0.2, 0.25) is 0 Å². The van der Waals surface area contributed by atoms with Gasteiger partial charge in [-0.25, -0.2) is 0 Å². The van der Waals surface area contributed by atoms with Crippen molar-refractivity contribution in [1.82, 2.24) is 16.0 Å². The Kier molecular flexibility index (Phi) is 20.5. The number of unbranched alkanes of at least 4 members (excludes halogenated alkanes) is 10. The molecule has 0 aliphatic rings. The van der Waals surface area contributed by atoms with Crippen molar-refractivity contribution >= 4 is 23.7 Å². The predicted octanol–water partition coefficient (Wildman–Crippen LogP) is 3.50. The van der Waals surface area contributed by atoms with Gasteiger partial charge >= 0.3 is 0 Å².